The number of hydrogen-bond acceptors (Lipinski definition) is 4. The second kappa shape index (κ2) is 6.53. The van der Waals surface area contributed by atoms with Crippen LogP contribution in [0.3, 0.4) is 0 Å². The highest BCUT2D eigenvalue weighted by atomic mass is 16.5. The number of likely N-dealkylation sites (N-methyl/N-ethyl adjacent to an activating group) is 1. The lowest BCUT2D eigenvalue weighted by Crippen LogP contribution is -2.62. The Hall–Kier alpha value is -0.160. The Morgan fingerprint density at radius 2 is 2.16 bits per heavy atom. The molecule has 0 aliphatic carbocycles. The van der Waals surface area contributed by atoms with E-state index in [0.717, 1.165) is 26.0 Å². The van der Waals surface area contributed by atoms with Crippen LogP contribution >= 0.6 is 0 Å². The summed E-state index contributed by atoms with van der Waals surface area (Å²) in [5, 5.41) is 0. The summed E-state index contributed by atoms with van der Waals surface area (Å²) < 4.78 is 5.75. The summed E-state index contributed by atoms with van der Waals surface area (Å²) >= 11 is 0. The fourth-order valence-corrected chi connectivity index (χ4v) is 3.93. The molecule has 2 heterocycles. The largest absolute Gasteiger partial charge is 0.378 e. The summed E-state index contributed by atoms with van der Waals surface area (Å²) in [6.07, 6.45) is 4.99. The monoisotopic (exact) mass is 269 g/mol. The second-order valence-corrected chi connectivity index (χ2v) is 6.44. The zero-order valence-electron chi connectivity index (χ0n) is 12.9. The van der Waals surface area contributed by atoms with E-state index in [2.05, 4.69) is 30.7 Å². The van der Waals surface area contributed by atoms with Gasteiger partial charge in [0, 0.05) is 37.8 Å². The molecule has 19 heavy (non-hydrogen) atoms. The van der Waals surface area contributed by atoms with Gasteiger partial charge in [-0.05, 0) is 46.2 Å². The lowest BCUT2D eigenvalue weighted by Gasteiger charge is -2.50. The first-order valence-corrected chi connectivity index (χ1v) is 7.88. The van der Waals surface area contributed by atoms with E-state index in [0.29, 0.717) is 12.1 Å². The molecule has 4 nitrogen and oxygen atoms in total. The molecule has 0 radical (unpaired) electrons. The quantitative estimate of drug-likeness (QED) is 0.838. The minimum atomic E-state index is 0.170. The van der Waals surface area contributed by atoms with Gasteiger partial charge in [-0.25, -0.2) is 0 Å². The van der Waals surface area contributed by atoms with Crippen LogP contribution in [0.5, 0.6) is 0 Å². The second-order valence-electron chi connectivity index (χ2n) is 6.44. The van der Waals surface area contributed by atoms with E-state index in [1.54, 1.807) is 0 Å². The molecule has 0 aromatic rings. The van der Waals surface area contributed by atoms with Gasteiger partial charge in [0.2, 0.25) is 0 Å². The minimum Gasteiger partial charge on any atom is -0.378 e. The molecule has 0 aromatic carbocycles. The maximum atomic E-state index is 6.22. The SMILES string of the molecule is CCC1CN(C)CCCN1C1(CN)CCOC(C)C1. The summed E-state index contributed by atoms with van der Waals surface area (Å²) in [6.45, 7) is 9.69. The number of hydrogen-bond donors (Lipinski definition) is 1. The highest BCUT2D eigenvalue weighted by Crippen LogP contribution is 2.33. The summed E-state index contributed by atoms with van der Waals surface area (Å²) in [5.74, 6) is 0. The minimum absolute atomic E-state index is 0.170. The number of nitrogens with zero attached hydrogens (tertiary/aromatic N) is 2. The summed E-state index contributed by atoms with van der Waals surface area (Å²) in [5.41, 5.74) is 6.39. The van der Waals surface area contributed by atoms with E-state index in [-0.39, 0.29) is 5.54 Å². The van der Waals surface area contributed by atoms with Crippen molar-refractivity contribution in [1.29, 1.82) is 0 Å². The third kappa shape index (κ3) is 3.30. The molecule has 0 saturated carbocycles. The molecule has 0 bridgehead atoms. The third-order valence-corrected chi connectivity index (χ3v) is 5.00. The first-order valence-electron chi connectivity index (χ1n) is 7.88. The van der Waals surface area contributed by atoms with Gasteiger partial charge in [-0.15, -0.1) is 0 Å². The molecule has 2 rings (SSSR count). The summed E-state index contributed by atoms with van der Waals surface area (Å²) in [7, 11) is 2.24. The van der Waals surface area contributed by atoms with Crippen molar-refractivity contribution in [3.8, 4) is 0 Å². The van der Waals surface area contributed by atoms with Crippen molar-refractivity contribution in [3.63, 3.8) is 0 Å². The van der Waals surface area contributed by atoms with Crippen LogP contribution in [0.15, 0.2) is 0 Å². The highest BCUT2D eigenvalue weighted by molar-refractivity contribution is 4.99. The lowest BCUT2D eigenvalue weighted by atomic mass is 9.83. The fourth-order valence-electron chi connectivity index (χ4n) is 3.93. The average Bonchev–Trinajstić information content (AvgIpc) is 2.60. The van der Waals surface area contributed by atoms with Crippen LogP contribution in [-0.4, -0.2) is 67.3 Å². The lowest BCUT2D eigenvalue weighted by molar-refractivity contribution is -0.0768. The van der Waals surface area contributed by atoms with Gasteiger partial charge in [-0.1, -0.05) is 6.92 Å². The summed E-state index contributed by atoms with van der Waals surface area (Å²) in [4.78, 5) is 5.21. The topological polar surface area (TPSA) is 41.7 Å². The molecule has 3 atom stereocenters. The third-order valence-electron chi connectivity index (χ3n) is 5.00. The van der Waals surface area contributed by atoms with Crippen molar-refractivity contribution >= 4 is 0 Å². The van der Waals surface area contributed by atoms with E-state index in [9.17, 15) is 0 Å². The molecular weight excluding hydrogens is 238 g/mol. The van der Waals surface area contributed by atoms with Crippen molar-refractivity contribution in [1.82, 2.24) is 9.80 Å². The van der Waals surface area contributed by atoms with Crippen molar-refractivity contribution in [2.75, 3.05) is 39.8 Å². The van der Waals surface area contributed by atoms with Gasteiger partial charge in [-0.2, -0.15) is 0 Å². The van der Waals surface area contributed by atoms with Gasteiger partial charge in [0.15, 0.2) is 0 Å². The van der Waals surface area contributed by atoms with Crippen molar-refractivity contribution in [3.05, 3.63) is 0 Å². The Bertz CT molecular complexity index is 287. The van der Waals surface area contributed by atoms with Gasteiger partial charge in [0.05, 0.1) is 6.10 Å². The van der Waals surface area contributed by atoms with Crippen LogP contribution in [-0.2, 0) is 4.74 Å². The molecule has 0 amide bonds. The highest BCUT2D eigenvalue weighted by Gasteiger charge is 2.42. The van der Waals surface area contributed by atoms with Gasteiger partial charge in [0.1, 0.15) is 0 Å². The smallest absolute Gasteiger partial charge is 0.0565 e. The fraction of sp³-hybridized carbons (Fsp3) is 1.00. The molecule has 0 spiro atoms. The van der Waals surface area contributed by atoms with E-state index in [1.165, 1.54) is 32.5 Å². The molecule has 4 heteroatoms. The van der Waals surface area contributed by atoms with E-state index < -0.39 is 0 Å². The molecule has 2 saturated heterocycles. The van der Waals surface area contributed by atoms with E-state index >= 15 is 0 Å². The Morgan fingerprint density at radius 1 is 1.37 bits per heavy atom. The molecule has 2 N–H and O–H groups in total. The molecule has 3 unspecified atom stereocenters. The predicted octanol–water partition coefficient (Wildman–Crippen LogP) is 1.30. The van der Waals surface area contributed by atoms with Crippen LogP contribution in [0.4, 0.5) is 0 Å². The standard InChI is InChI=1S/C15H31N3O/c1-4-14-11-17(3)7-5-8-18(14)15(12-16)6-9-19-13(2)10-15/h13-14H,4-12,16H2,1-3H3. The Balaban J connectivity index is 2.18. The van der Waals surface area contributed by atoms with Crippen molar-refractivity contribution in [2.24, 2.45) is 5.73 Å². The van der Waals surface area contributed by atoms with Crippen LogP contribution < -0.4 is 5.73 Å². The maximum Gasteiger partial charge on any atom is 0.0565 e. The van der Waals surface area contributed by atoms with Crippen LogP contribution in [0.1, 0.15) is 39.5 Å². The molecule has 2 aliphatic heterocycles. The first-order chi connectivity index (χ1) is 9.11. The molecule has 2 fully saturated rings. The maximum absolute atomic E-state index is 6.22. The van der Waals surface area contributed by atoms with E-state index in [1.807, 2.05) is 0 Å². The number of nitrogens with two attached hydrogens (primary N) is 1. The van der Waals surface area contributed by atoms with Gasteiger partial charge in [-0.3, -0.25) is 4.90 Å². The van der Waals surface area contributed by atoms with Crippen molar-refractivity contribution in [2.45, 2.75) is 57.2 Å². The Labute approximate surface area is 118 Å². The molecular formula is C15H31N3O. The number of ether oxygens (including phenoxy) is 1. The average molecular weight is 269 g/mol. The van der Waals surface area contributed by atoms with Gasteiger partial charge in [0.25, 0.3) is 0 Å². The Morgan fingerprint density at radius 3 is 2.79 bits per heavy atom. The molecule has 0 aromatic heterocycles. The normalized spacial score (nSPS) is 39.2. The van der Waals surface area contributed by atoms with Crippen LogP contribution in [0, 0.1) is 0 Å². The van der Waals surface area contributed by atoms with Gasteiger partial charge >= 0.3 is 0 Å². The first kappa shape index (κ1) is 15.2. The Kier molecular flexibility index (Phi) is 5.23. The van der Waals surface area contributed by atoms with E-state index in [4.69, 9.17) is 10.5 Å². The number of rotatable bonds is 3. The van der Waals surface area contributed by atoms with Crippen LogP contribution in [0.25, 0.3) is 0 Å². The predicted molar refractivity (Wildman–Crippen MR) is 79.3 cm³/mol. The van der Waals surface area contributed by atoms with Gasteiger partial charge < -0.3 is 15.4 Å². The van der Waals surface area contributed by atoms with Crippen molar-refractivity contribution < 1.29 is 4.74 Å². The zero-order valence-corrected chi connectivity index (χ0v) is 12.9. The summed E-state index contributed by atoms with van der Waals surface area (Å²) in [6, 6.07) is 0.640. The molecule has 2 aliphatic rings. The zero-order chi connectivity index (χ0) is 13.9. The molecule has 112 valence electrons. The van der Waals surface area contributed by atoms with Crippen LogP contribution in [0.2, 0.25) is 0 Å².